The maximum Gasteiger partial charge on any atom is 0.242 e. The Morgan fingerprint density at radius 2 is 2.10 bits per heavy atom. The number of methoxy groups -OCH3 is 1. The van der Waals surface area contributed by atoms with Crippen LogP contribution in [-0.4, -0.2) is 35.2 Å². The van der Waals surface area contributed by atoms with Gasteiger partial charge in [0, 0.05) is 26.8 Å². The maximum atomic E-state index is 12.2. The standard InChI is InChI=1S/C13H21ClN2O3S/c1-3-15-10-11-5-6-12(14)13(9-11)20(17,18)16-7-4-8-19-2/h5-6,9,15-16H,3-4,7-8,10H2,1-2H3. The van der Waals surface area contributed by atoms with E-state index >= 15 is 0 Å². The largest absolute Gasteiger partial charge is 0.385 e. The summed E-state index contributed by atoms with van der Waals surface area (Å²) in [5.74, 6) is 0. The van der Waals surface area contributed by atoms with E-state index in [1.165, 1.54) is 0 Å². The van der Waals surface area contributed by atoms with Crippen LogP contribution < -0.4 is 10.0 Å². The lowest BCUT2D eigenvalue weighted by atomic mass is 10.2. The van der Waals surface area contributed by atoms with Crippen LogP contribution in [0.2, 0.25) is 5.02 Å². The van der Waals surface area contributed by atoms with E-state index in [4.69, 9.17) is 16.3 Å². The third-order valence-corrected chi connectivity index (χ3v) is 4.62. The molecular formula is C13H21ClN2O3S. The van der Waals surface area contributed by atoms with Gasteiger partial charge in [-0.25, -0.2) is 13.1 Å². The number of nitrogens with one attached hydrogen (secondary N) is 2. The van der Waals surface area contributed by atoms with Crippen LogP contribution in [0, 0.1) is 0 Å². The Labute approximate surface area is 125 Å². The van der Waals surface area contributed by atoms with Gasteiger partial charge in [-0.05, 0) is 30.7 Å². The van der Waals surface area contributed by atoms with Crippen LogP contribution in [0.1, 0.15) is 18.9 Å². The molecule has 0 spiro atoms. The molecule has 5 nitrogen and oxygen atoms in total. The van der Waals surface area contributed by atoms with Crippen molar-refractivity contribution < 1.29 is 13.2 Å². The van der Waals surface area contributed by atoms with Crippen LogP contribution in [0.4, 0.5) is 0 Å². The Balaban J connectivity index is 2.81. The zero-order valence-electron chi connectivity index (χ0n) is 11.8. The highest BCUT2D eigenvalue weighted by molar-refractivity contribution is 7.89. The van der Waals surface area contributed by atoms with E-state index in [0.29, 0.717) is 26.1 Å². The van der Waals surface area contributed by atoms with Crippen molar-refractivity contribution in [2.24, 2.45) is 0 Å². The lowest BCUT2D eigenvalue weighted by Gasteiger charge is -2.10. The van der Waals surface area contributed by atoms with Crippen LogP contribution in [-0.2, 0) is 21.3 Å². The van der Waals surface area contributed by atoms with Crippen molar-refractivity contribution in [3.8, 4) is 0 Å². The first-order valence-electron chi connectivity index (χ1n) is 6.49. The Morgan fingerprint density at radius 1 is 1.35 bits per heavy atom. The maximum absolute atomic E-state index is 12.2. The van der Waals surface area contributed by atoms with Gasteiger partial charge in [0.25, 0.3) is 0 Å². The number of halogens is 1. The summed E-state index contributed by atoms with van der Waals surface area (Å²) in [7, 11) is -2.01. The van der Waals surface area contributed by atoms with Crippen molar-refractivity contribution in [2.45, 2.75) is 24.8 Å². The molecule has 20 heavy (non-hydrogen) atoms. The molecule has 1 rings (SSSR count). The summed E-state index contributed by atoms with van der Waals surface area (Å²) < 4.78 is 31.8. The predicted octanol–water partition coefficient (Wildman–Crippen LogP) is 1.76. The summed E-state index contributed by atoms with van der Waals surface area (Å²) in [6.45, 7) is 4.26. The van der Waals surface area contributed by atoms with Crippen LogP contribution in [0.5, 0.6) is 0 Å². The van der Waals surface area contributed by atoms with Gasteiger partial charge in [0.2, 0.25) is 10.0 Å². The molecule has 0 bridgehead atoms. The Kier molecular flexibility index (Phi) is 7.47. The molecule has 1 aromatic rings. The van der Waals surface area contributed by atoms with E-state index in [1.54, 1.807) is 19.2 Å². The molecule has 0 aliphatic carbocycles. The SMILES string of the molecule is CCNCc1ccc(Cl)c(S(=O)(=O)NCCCOC)c1. The highest BCUT2D eigenvalue weighted by Crippen LogP contribution is 2.22. The van der Waals surface area contributed by atoms with Gasteiger partial charge in [-0.15, -0.1) is 0 Å². The van der Waals surface area contributed by atoms with Crippen molar-refractivity contribution in [3.05, 3.63) is 28.8 Å². The molecule has 0 saturated heterocycles. The Morgan fingerprint density at radius 3 is 2.75 bits per heavy atom. The molecule has 114 valence electrons. The monoisotopic (exact) mass is 320 g/mol. The number of ether oxygens (including phenoxy) is 1. The molecule has 0 saturated carbocycles. The number of sulfonamides is 1. The van der Waals surface area contributed by atoms with E-state index in [0.717, 1.165) is 12.1 Å². The summed E-state index contributed by atoms with van der Waals surface area (Å²) in [5.41, 5.74) is 0.883. The first-order valence-corrected chi connectivity index (χ1v) is 8.35. The fraction of sp³-hybridized carbons (Fsp3) is 0.538. The fourth-order valence-corrected chi connectivity index (χ4v) is 3.26. The minimum Gasteiger partial charge on any atom is -0.385 e. The zero-order valence-corrected chi connectivity index (χ0v) is 13.4. The van der Waals surface area contributed by atoms with Crippen molar-refractivity contribution in [1.29, 1.82) is 0 Å². The van der Waals surface area contributed by atoms with Crippen LogP contribution in [0.25, 0.3) is 0 Å². The average molecular weight is 321 g/mol. The molecule has 0 radical (unpaired) electrons. The Bertz CT molecular complexity index is 520. The molecule has 0 heterocycles. The number of rotatable bonds is 9. The average Bonchev–Trinajstić information content (AvgIpc) is 2.42. The lowest BCUT2D eigenvalue weighted by molar-refractivity contribution is 0.196. The molecule has 0 aliphatic rings. The molecular weight excluding hydrogens is 300 g/mol. The number of benzene rings is 1. The van der Waals surface area contributed by atoms with Gasteiger partial charge in [-0.2, -0.15) is 0 Å². The first-order chi connectivity index (χ1) is 9.51. The van der Waals surface area contributed by atoms with Gasteiger partial charge >= 0.3 is 0 Å². The minimum atomic E-state index is -3.58. The third kappa shape index (κ3) is 5.38. The summed E-state index contributed by atoms with van der Waals surface area (Å²) in [4.78, 5) is 0.118. The molecule has 0 aromatic heterocycles. The highest BCUT2D eigenvalue weighted by Gasteiger charge is 2.17. The van der Waals surface area contributed by atoms with Crippen molar-refractivity contribution in [2.75, 3.05) is 26.8 Å². The topological polar surface area (TPSA) is 67.4 Å². The summed E-state index contributed by atoms with van der Waals surface area (Å²) in [6.07, 6.45) is 0.616. The smallest absolute Gasteiger partial charge is 0.242 e. The van der Waals surface area contributed by atoms with Gasteiger partial charge in [0.1, 0.15) is 4.90 Å². The fourth-order valence-electron chi connectivity index (χ4n) is 1.63. The van der Waals surface area contributed by atoms with E-state index in [-0.39, 0.29) is 9.92 Å². The first kappa shape index (κ1) is 17.4. The van der Waals surface area contributed by atoms with Gasteiger partial charge in [-0.3, -0.25) is 0 Å². The van der Waals surface area contributed by atoms with E-state index in [9.17, 15) is 8.42 Å². The predicted molar refractivity (Wildman–Crippen MR) is 80.5 cm³/mol. The number of hydrogen-bond donors (Lipinski definition) is 2. The minimum absolute atomic E-state index is 0.118. The van der Waals surface area contributed by atoms with Gasteiger partial charge in [-0.1, -0.05) is 24.6 Å². The second-order valence-corrected chi connectivity index (χ2v) is 6.43. The highest BCUT2D eigenvalue weighted by atomic mass is 35.5. The second kappa shape index (κ2) is 8.59. The van der Waals surface area contributed by atoms with E-state index < -0.39 is 10.0 Å². The van der Waals surface area contributed by atoms with Gasteiger partial charge < -0.3 is 10.1 Å². The lowest BCUT2D eigenvalue weighted by Crippen LogP contribution is -2.26. The Hall–Kier alpha value is -0.660. The van der Waals surface area contributed by atoms with E-state index in [1.807, 2.05) is 13.0 Å². The second-order valence-electron chi connectivity index (χ2n) is 4.29. The molecule has 2 N–H and O–H groups in total. The van der Waals surface area contributed by atoms with Crippen molar-refractivity contribution in [1.82, 2.24) is 10.0 Å². The van der Waals surface area contributed by atoms with Crippen LogP contribution in [0.3, 0.4) is 0 Å². The zero-order chi connectivity index (χ0) is 15.0. The van der Waals surface area contributed by atoms with Crippen LogP contribution >= 0.6 is 11.6 Å². The number of hydrogen-bond acceptors (Lipinski definition) is 4. The molecule has 0 unspecified atom stereocenters. The summed E-state index contributed by atoms with van der Waals surface area (Å²) in [6, 6.07) is 5.02. The molecule has 0 amide bonds. The van der Waals surface area contributed by atoms with E-state index in [2.05, 4.69) is 10.0 Å². The molecule has 7 heteroatoms. The molecule has 0 fully saturated rings. The molecule has 0 aliphatic heterocycles. The van der Waals surface area contributed by atoms with Gasteiger partial charge in [0.05, 0.1) is 5.02 Å². The van der Waals surface area contributed by atoms with Crippen molar-refractivity contribution >= 4 is 21.6 Å². The molecule has 0 atom stereocenters. The van der Waals surface area contributed by atoms with Crippen molar-refractivity contribution in [3.63, 3.8) is 0 Å². The quantitative estimate of drug-likeness (QED) is 0.680. The molecule has 1 aromatic carbocycles. The summed E-state index contributed by atoms with van der Waals surface area (Å²) in [5, 5.41) is 3.37. The van der Waals surface area contributed by atoms with Crippen LogP contribution in [0.15, 0.2) is 23.1 Å². The summed E-state index contributed by atoms with van der Waals surface area (Å²) >= 11 is 5.99. The normalized spacial score (nSPS) is 11.8. The van der Waals surface area contributed by atoms with Gasteiger partial charge in [0.15, 0.2) is 0 Å². The third-order valence-electron chi connectivity index (χ3n) is 2.68.